The predicted molar refractivity (Wildman–Crippen MR) is 85.6 cm³/mol. The number of nitriles is 1. The van der Waals surface area contributed by atoms with Crippen molar-refractivity contribution in [2.45, 2.75) is 0 Å². The van der Waals surface area contributed by atoms with Gasteiger partial charge in [-0.2, -0.15) is 5.26 Å². The van der Waals surface area contributed by atoms with E-state index in [-0.39, 0.29) is 11.4 Å². The molecule has 0 radical (unpaired) electrons. The van der Waals surface area contributed by atoms with Crippen molar-refractivity contribution in [2.75, 3.05) is 9.62 Å². The topological polar surface area (TPSA) is 82.2 Å². The fraction of sp³-hybridized carbons (Fsp3) is 0. The highest BCUT2D eigenvalue weighted by molar-refractivity contribution is 7.82. The van der Waals surface area contributed by atoms with Crippen molar-refractivity contribution in [1.29, 1.82) is 5.26 Å². The molecule has 0 atom stereocenters. The van der Waals surface area contributed by atoms with E-state index in [1.165, 1.54) is 24.3 Å². The van der Waals surface area contributed by atoms with Gasteiger partial charge < -0.3 is 4.52 Å². The Kier molecular flexibility index (Phi) is 3.87. The lowest BCUT2D eigenvalue weighted by atomic mass is 10.2. The Morgan fingerprint density at radius 2 is 2.17 bits per heavy atom. The number of fused-ring (bicyclic) bond motifs is 1. The first-order chi connectivity index (χ1) is 11.1. The monoisotopic (exact) mass is 328 g/mol. The van der Waals surface area contributed by atoms with Crippen molar-refractivity contribution in [3.8, 4) is 6.07 Å². The molecular weight excluding hydrogens is 319 g/mol. The quantitative estimate of drug-likeness (QED) is 0.702. The van der Waals surface area contributed by atoms with Crippen LogP contribution in [0.5, 0.6) is 0 Å². The molecule has 2 amide bonds. The summed E-state index contributed by atoms with van der Waals surface area (Å²) in [5.41, 5.74) is 1.04. The molecule has 0 aliphatic rings. The van der Waals surface area contributed by atoms with Crippen molar-refractivity contribution in [3.63, 3.8) is 0 Å². The Bertz CT molecular complexity index is 935. The van der Waals surface area contributed by atoms with E-state index < -0.39 is 11.8 Å². The molecule has 1 N–H and O–H groups in total. The van der Waals surface area contributed by atoms with Crippen LogP contribution < -0.4 is 9.62 Å². The summed E-state index contributed by atoms with van der Waals surface area (Å²) < 4.78 is 19.1. The number of carbonyl (C=O) groups is 1. The van der Waals surface area contributed by atoms with E-state index in [9.17, 15) is 9.18 Å². The van der Waals surface area contributed by atoms with Crippen LogP contribution >= 0.6 is 12.8 Å². The standard InChI is InChI=1S/C15H9FN4O2S/c16-10-4-5-12-13(7-10)22-19-14(12)18-15(21)20(23)11-3-1-2-9(6-11)8-17/h1-7,23H,(H,18,19,21). The number of benzene rings is 2. The van der Waals surface area contributed by atoms with Crippen molar-refractivity contribution in [2.24, 2.45) is 0 Å². The van der Waals surface area contributed by atoms with Gasteiger partial charge in [-0.1, -0.05) is 24.0 Å². The largest absolute Gasteiger partial charge is 0.354 e. The number of aromatic nitrogens is 1. The number of thiol groups is 1. The van der Waals surface area contributed by atoms with E-state index in [0.29, 0.717) is 16.6 Å². The molecule has 0 spiro atoms. The highest BCUT2D eigenvalue weighted by Gasteiger charge is 2.17. The second kappa shape index (κ2) is 5.98. The molecule has 3 aromatic rings. The normalized spacial score (nSPS) is 10.3. The minimum absolute atomic E-state index is 0.153. The van der Waals surface area contributed by atoms with E-state index in [1.807, 2.05) is 6.07 Å². The molecule has 3 rings (SSSR count). The number of urea groups is 1. The zero-order valence-corrected chi connectivity index (χ0v) is 12.4. The van der Waals surface area contributed by atoms with Gasteiger partial charge in [0.25, 0.3) is 0 Å². The first kappa shape index (κ1) is 14.9. The van der Waals surface area contributed by atoms with Crippen molar-refractivity contribution >= 4 is 41.3 Å². The van der Waals surface area contributed by atoms with Crippen LogP contribution in [0.1, 0.15) is 5.56 Å². The number of nitrogens with zero attached hydrogens (tertiary/aromatic N) is 3. The molecule has 8 heteroatoms. The third-order valence-corrected chi connectivity index (χ3v) is 3.48. The number of carbonyl (C=O) groups excluding carboxylic acids is 1. The summed E-state index contributed by atoms with van der Waals surface area (Å²) in [5.74, 6) is -0.309. The number of hydrogen-bond donors (Lipinski definition) is 2. The van der Waals surface area contributed by atoms with E-state index >= 15 is 0 Å². The minimum Gasteiger partial charge on any atom is -0.354 e. The summed E-state index contributed by atoms with van der Waals surface area (Å²) in [6.45, 7) is 0. The number of rotatable bonds is 2. The van der Waals surface area contributed by atoms with Crippen LogP contribution in [0.4, 0.5) is 20.7 Å². The SMILES string of the molecule is N#Cc1cccc(N(S)C(=O)Nc2noc3cc(F)ccc23)c1. The van der Waals surface area contributed by atoms with Crippen molar-refractivity contribution < 1.29 is 13.7 Å². The summed E-state index contributed by atoms with van der Waals surface area (Å²) >= 11 is 4.12. The lowest BCUT2D eigenvalue weighted by molar-refractivity contribution is 0.260. The van der Waals surface area contributed by atoms with Crippen LogP contribution in [-0.2, 0) is 0 Å². The second-order valence-electron chi connectivity index (χ2n) is 4.58. The molecule has 6 nitrogen and oxygen atoms in total. The van der Waals surface area contributed by atoms with E-state index in [1.54, 1.807) is 18.2 Å². The summed E-state index contributed by atoms with van der Waals surface area (Å²) in [4.78, 5) is 12.2. The summed E-state index contributed by atoms with van der Waals surface area (Å²) in [5, 5.41) is 15.6. The molecule has 0 fully saturated rings. The van der Waals surface area contributed by atoms with Crippen molar-refractivity contribution in [1.82, 2.24) is 5.16 Å². The van der Waals surface area contributed by atoms with Gasteiger partial charge in [-0.05, 0) is 30.3 Å². The van der Waals surface area contributed by atoms with Crippen LogP contribution in [0.15, 0.2) is 47.0 Å². The summed E-state index contributed by atoms with van der Waals surface area (Å²) in [6, 6.07) is 11.7. The van der Waals surface area contributed by atoms with Crippen LogP contribution in [-0.4, -0.2) is 11.2 Å². The van der Waals surface area contributed by atoms with Crippen LogP contribution in [0.3, 0.4) is 0 Å². The zero-order valence-electron chi connectivity index (χ0n) is 11.5. The second-order valence-corrected chi connectivity index (χ2v) is 4.98. The molecule has 0 aliphatic carbocycles. The number of anilines is 2. The lowest BCUT2D eigenvalue weighted by Gasteiger charge is -2.15. The molecule has 1 aromatic heterocycles. The maximum Gasteiger partial charge on any atom is 0.337 e. The molecule has 114 valence electrons. The fourth-order valence-corrected chi connectivity index (χ4v) is 2.15. The third kappa shape index (κ3) is 2.95. The molecular formula is C15H9FN4O2S. The average molecular weight is 328 g/mol. The average Bonchev–Trinajstić information content (AvgIpc) is 2.96. The Labute approximate surface area is 135 Å². The van der Waals surface area contributed by atoms with Gasteiger partial charge in [0.2, 0.25) is 0 Å². The predicted octanol–water partition coefficient (Wildman–Crippen LogP) is 3.72. The molecule has 23 heavy (non-hydrogen) atoms. The Balaban J connectivity index is 1.84. The fourth-order valence-electron chi connectivity index (χ4n) is 1.98. The Morgan fingerprint density at radius 1 is 1.35 bits per heavy atom. The molecule has 2 aromatic carbocycles. The Morgan fingerprint density at radius 3 is 2.96 bits per heavy atom. The van der Waals surface area contributed by atoms with E-state index in [2.05, 4.69) is 23.3 Å². The maximum absolute atomic E-state index is 13.1. The molecule has 0 bridgehead atoms. The van der Waals surface area contributed by atoms with Gasteiger partial charge in [-0.25, -0.2) is 13.5 Å². The first-order valence-electron chi connectivity index (χ1n) is 6.43. The minimum atomic E-state index is -0.594. The highest BCUT2D eigenvalue weighted by atomic mass is 32.1. The number of halogens is 1. The molecule has 0 unspecified atom stereocenters. The zero-order chi connectivity index (χ0) is 16.4. The third-order valence-electron chi connectivity index (χ3n) is 3.07. The maximum atomic E-state index is 13.1. The smallest absolute Gasteiger partial charge is 0.337 e. The van der Waals surface area contributed by atoms with Crippen molar-refractivity contribution in [3.05, 3.63) is 53.8 Å². The van der Waals surface area contributed by atoms with Gasteiger partial charge in [-0.3, -0.25) is 5.32 Å². The van der Waals surface area contributed by atoms with Gasteiger partial charge in [0.05, 0.1) is 22.7 Å². The van der Waals surface area contributed by atoms with E-state index in [4.69, 9.17) is 9.78 Å². The van der Waals surface area contributed by atoms with Gasteiger partial charge in [0.15, 0.2) is 11.4 Å². The first-order valence-corrected chi connectivity index (χ1v) is 6.83. The molecule has 0 saturated heterocycles. The summed E-state index contributed by atoms with van der Waals surface area (Å²) in [6.07, 6.45) is 0. The highest BCUT2D eigenvalue weighted by Crippen LogP contribution is 2.25. The van der Waals surface area contributed by atoms with Crippen LogP contribution in [0.25, 0.3) is 11.0 Å². The summed E-state index contributed by atoms with van der Waals surface area (Å²) in [7, 11) is 0. The van der Waals surface area contributed by atoms with Gasteiger partial charge in [0, 0.05) is 6.07 Å². The Hall–Kier alpha value is -3.05. The molecule has 0 aliphatic heterocycles. The molecule has 1 heterocycles. The van der Waals surface area contributed by atoms with Gasteiger partial charge in [-0.15, -0.1) is 0 Å². The number of hydrogen-bond acceptors (Lipinski definition) is 5. The van der Waals surface area contributed by atoms with Gasteiger partial charge >= 0.3 is 6.03 Å². The van der Waals surface area contributed by atoms with Crippen LogP contribution in [0.2, 0.25) is 0 Å². The lowest BCUT2D eigenvalue weighted by Crippen LogP contribution is -2.27. The number of nitrogens with one attached hydrogen (secondary N) is 1. The van der Waals surface area contributed by atoms with E-state index in [0.717, 1.165) is 4.31 Å². The van der Waals surface area contributed by atoms with Gasteiger partial charge in [0.1, 0.15) is 5.82 Å². The number of amides is 2. The van der Waals surface area contributed by atoms with Crippen LogP contribution in [0, 0.1) is 17.1 Å². The molecule has 0 saturated carbocycles.